The highest BCUT2D eigenvalue weighted by atomic mass is 31.2. The van der Waals surface area contributed by atoms with Crippen LogP contribution in [0.2, 0.25) is 0 Å². The molecule has 0 bridgehead atoms. The zero-order valence-electron chi connectivity index (χ0n) is 43.1. The molecule has 0 aliphatic heterocycles. The van der Waals surface area contributed by atoms with Gasteiger partial charge in [-0.15, -0.1) is 0 Å². The van der Waals surface area contributed by atoms with E-state index in [9.17, 15) is 19.4 Å². The summed E-state index contributed by atoms with van der Waals surface area (Å²) in [6.07, 6.45) is 67.3. The Morgan fingerprint density at radius 2 is 0.924 bits per heavy atom. The van der Waals surface area contributed by atoms with Crippen molar-refractivity contribution in [2.75, 3.05) is 40.9 Å². The Kier molecular flexibility index (Phi) is 45.6. The van der Waals surface area contributed by atoms with Crippen LogP contribution in [0.15, 0.2) is 97.2 Å². The summed E-state index contributed by atoms with van der Waals surface area (Å²) in [4.78, 5) is 25.4. The van der Waals surface area contributed by atoms with E-state index in [1.54, 1.807) is 0 Å². The Balaban J connectivity index is 4.05. The summed E-state index contributed by atoms with van der Waals surface area (Å²) >= 11 is 0. The second-order valence-corrected chi connectivity index (χ2v) is 20.3. The van der Waals surface area contributed by atoms with E-state index in [1.165, 1.54) is 83.5 Å². The maximum atomic E-state index is 12.9. The first kappa shape index (κ1) is 63.4. The number of phosphoric ester groups is 1. The molecular formula is C57H101N2O6P. The number of rotatable bonds is 47. The maximum absolute atomic E-state index is 12.9. The van der Waals surface area contributed by atoms with Crippen molar-refractivity contribution in [2.45, 2.75) is 219 Å². The van der Waals surface area contributed by atoms with Gasteiger partial charge in [0, 0.05) is 6.42 Å². The lowest BCUT2D eigenvalue weighted by Crippen LogP contribution is -2.46. The molecule has 3 atom stereocenters. The average molecular weight is 941 g/mol. The van der Waals surface area contributed by atoms with Crippen LogP contribution in [0, 0.1) is 0 Å². The molecule has 0 aromatic rings. The summed E-state index contributed by atoms with van der Waals surface area (Å²) in [5, 5.41) is 13.9. The van der Waals surface area contributed by atoms with Gasteiger partial charge in [0.15, 0.2) is 0 Å². The Bertz CT molecular complexity index is 1390. The molecule has 0 aromatic carbocycles. The summed E-state index contributed by atoms with van der Waals surface area (Å²) in [7, 11) is 1.29. The van der Waals surface area contributed by atoms with Crippen LogP contribution in [0.5, 0.6) is 0 Å². The van der Waals surface area contributed by atoms with Gasteiger partial charge in [0.05, 0.1) is 39.9 Å². The summed E-state index contributed by atoms with van der Waals surface area (Å²) in [6.45, 7) is 4.56. The van der Waals surface area contributed by atoms with E-state index >= 15 is 0 Å². The molecular weight excluding hydrogens is 840 g/mol. The maximum Gasteiger partial charge on any atom is 0.268 e. The number of allylic oxidation sites excluding steroid dienone is 16. The number of phosphoric acid groups is 1. The van der Waals surface area contributed by atoms with Crippen LogP contribution < -0.4 is 10.2 Å². The first-order chi connectivity index (χ1) is 32.0. The lowest BCUT2D eigenvalue weighted by molar-refractivity contribution is -0.870. The van der Waals surface area contributed by atoms with Gasteiger partial charge < -0.3 is 28.8 Å². The molecule has 9 heteroatoms. The number of nitrogens with one attached hydrogen (secondary N) is 1. The smallest absolute Gasteiger partial charge is 0.268 e. The van der Waals surface area contributed by atoms with Crippen molar-refractivity contribution < 1.29 is 32.9 Å². The SMILES string of the molecule is CC/C=C\C/C=C\C/C=C\C/C=C\C/C=C\C/C=C\C/C=C\C/C=C\CCCCCCCCCCCCC(=O)NC(COP(=O)([O-])OCC[N+](C)(C)C)C(O)CCCCCCCCCCC. The van der Waals surface area contributed by atoms with Crippen LogP contribution >= 0.6 is 7.82 Å². The Morgan fingerprint density at radius 1 is 0.545 bits per heavy atom. The van der Waals surface area contributed by atoms with Gasteiger partial charge >= 0.3 is 0 Å². The van der Waals surface area contributed by atoms with Gasteiger partial charge in [0.2, 0.25) is 5.91 Å². The summed E-state index contributed by atoms with van der Waals surface area (Å²) in [6, 6.07) is -0.806. The van der Waals surface area contributed by atoms with Crippen LogP contribution in [-0.2, 0) is 18.4 Å². The number of likely N-dealkylation sites (N-methyl/N-ethyl adjacent to an activating group) is 1. The van der Waals surface area contributed by atoms with Gasteiger partial charge in [-0.1, -0.05) is 220 Å². The quantitative estimate of drug-likeness (QED) is 0.0272. The van der Waals surface area contributed by atoms with Crippen LogP contribution in [0.3, 0.4) is 0 Å². The van der Waals surface area contributed by atoms with E-state index in [-0.39, 0.29) is 19.1 Å². The molecule has 8 nitrogen and oxygen atoms in total. The largest absolute Gasteiger partial charge is 0.756 e. The molecule has 0 saturated heterocycles. The first-order valence-electron chi connectivity index (χ1n) is 26.6. The van der Waals surface area contributed by atoms with E-state index in [4.69, 9.17) is 9.05 Å². The molecule has 0 aromatic heterocycles. The first-order valence-corrected chi connectivity index (χ1v) is 28.0. The Hall–Kier alpha value is -2.58. The number of nitrogens with zero attached hydrogens (tertiary/aromatic N) is 1. The highest BCUT2D eigenvalue weighted by molar-refractivity contribution is 7.45. The second-order valence-electron chi connectivity index (χ2n) is 18.9. The van der Waals surface area contributed by atoms with E-state index in [0.29, 0.717) is 23.9 Å². The van der Waals surface area contributed by atoms with E-state index in [0.717, 1.165) is 96.3 Å². The number of aliphatic hydroxyl groups excluding tert-OH is 1. The standard InChI is InChI=1S/C57H101N2O6P/c1-6-8-10-12-14-16-17-18-19-20-21-22-23-24-25-26-27-28-29-30-31-32-33-34-35-36-37-38-39-40-41-43-45-47-49-51-57(61)58-55(54-65-66(62,63)64-53-52-59(3,4)5)56(60)50-48-46-44-42-15-13-11-9-7-2/h8,10,14,16,18-19,21-22,24-25,27-28,30-31,33-34,55-56,60H,6-7,9,11-13,15,17,20,23,26,29,32,35-54H2,1-5H3,(H-,58,61,62,63)/b10-8-,16-14-,19-18-,22-21-,25-24-,28-27-,31-30-,34-33-. The van der Waals surface area contributed by atoms with Crippen molar-refractivity contribution >= 4 is 13.7 Å². The molecule has 0 aliphatic carbocycles. The van der Waals surface area contributed by atoms with Gasteiger partial charge in [-0.2, -0.15) is 0 Å². The third kappa shape index (κ3) is 49.3. The number of carbonyl (C=O) groups excluding carboxylic acids is 1. The lowest BCUT2D eigenvalue weighted by Gasteiger charge is -2.30. The minimum absolute atomic E-state index is 0.00685. The number of aliphatic hydroxyl groups is 1. The minimum Gasteiger partial charge on any atom is -0.756 e. The van der Waals surface area contributed by atoms with E-state index < -0.39 is 20.0 Å². The van der Waals surface area contributed by atoms with Crippen LogP contribution in [0.4, 0.5) is 0 Å². The fourth-order valence-electron chi connectivity index (χ4n) is 7.17. The fourth-order valence-corrected chi connectivity index (χ4v) is 7.90. The zero-order valence-corrected chi connectivity index (χ0v) is 44.0. The van der Waals surface area contributed by atoms with Crippen molar-refractivity contribution in [1.82, 2.24) is 5.32 Å². The van der Waals surface area contributed by atoms with Gasteiger partial charge in [-0.25, -0.2) is 0 Å². The van der Waals surface area contributed by atoms with E-state index in [1.807, 2.05) is 21.1 Å². The molecule has 1 amide bonds. The highest BCUT2D eigenvalue weighted by Gasteiger charge is 2.24. The van der Waals surface area contributed by atoms with Crippen LogP contribution in [0.25, 0.3) is 0 Å². The molecule has 2 N–H and O–H groups in total. The van der Waals surface area contributed by atoms with Crippen LogP contribution in [0.1, 0.15) is 206 Å². The molecule has 0 radical (unpaired) electrons. The van der Waals surface area contributed by atoms with Crippen LogP contribution in [-0.4, -0.2) is 68.5 Å². The third-order valence-electron chi connectivity index (χ3n) is 11.3. The molecule has 66 heavy (non-hydrogen) atoms. The van der Waals surface area contributed by atoms with Crippen molar-refractivity contribution in [3.63, 3.8) is 0 Å². The molecule has 3 unspecified atom stereocenters. The fraction of sp³-hybridized carbons (Fsp3) is 0.702. The zero-order chi connectivity index (χ0) is 48.5. The predicted molar refractivity (Wildman–Crippen MR) is 283 cm³/mol. The summed E-state index contributed by atoms with van der Waals surface area (Å²) < 4.78 is 23.3. The molecule has 0 fully saturated rings. The summed E-state index contributed by atoms with van der Waals surface area (Å²) in [5.74, 6) is -0.176. The number of hydrogen-bond donors (Lipinski definition) is 2. The number of unbranched alkanes of at least 4 members (excludes halogenated alkanes) is 18. The molecule has 380 valence electrons. The molecule has 0 heterocycles. The normalized spacial score (nSPS) is 14.8. The van der Waals surface area contributed by atoms with Gasteiger partial charge in [0.1, 0.15) is 13.2 Å². The molecule has 0 spiro atoms. The Morgan fingerprint density at radius 3 is 1.35 bits per heavy atom. The van der Waals surface area contributed by atoms with Crippen molar-refractivity contribution in [3.05, 3.63) is 97.2 Å². The van der Waals surface area contributed by atoms with Crippen molar-refractivity contribution in [3.8, 4) is 0 Å². The Labute approximate surface area is 407 Å². The number of amides is 1. The van der Waals surface area contributed by atoms with Crippen molar-refractivity contribution in [2.24, 2.45) is 0 Å². The number of quaternary nitrogens is 1. The topological polar surface area (TPSA) is 108 Å². The average Bonchev–Trinajstić information content (AvgIpc) is 3.28. The molecule has 0 aliphatic rings. The lowest BCUT2D eigenvalue weighted by atomic mass is 10.0. The van der Waals surface area contributed by atoms with Crippen molar-refractivity contribution in [1.29, 1.82) is 0 Å². The molecule has 0 rings (SSSR count). The summed E-state index contributed by atoms with van der Waals surface area (Å²) in [5.41, 5.74) is 0. The number of carbonyl (C=O) groups is 1. The monoisotopic (exact) mass is 941 g/mol. The van der Waals surface area contributed by atoms with Gasteiger partial charge in [0.25, 0.3) is 7.82 Å². The van der Waals surface area contributed by atoms with Gasteiger partial charge in [-0.05, 0) is 77.0 Å². The number of hydrogen-bond acceptors (Lipinski definition) is 6. The minimum atomic E-state index is -4.57. The van der Waals surface area contributed by atoms with Gasteiger partial charge in [-0.3, -0.25) is 9.36 Å². The third-order valence-corrected chi connectivity index (χ3v) is 12.3. The second kappa shape index (κ2) is 47.5. The predicted octanol–water partition coefficient (Wildman–Crippen LogP) is 15.2. The highest BCUT2D eigenvalue weighted by Crippen LogP contribution is 2.38. The molecule has 0 saturated carbocycles. The van der Waals surface area contributed by atoms with E-state index in [2.05, 4.69) is 116 Å².